The van der Waals surface area contributed by atoms with Crippen LogP contribution in [-0.4, -0.2) is 63.7 Å². The van der Waals surface area contributed by atoms with E-state index in [1.54, 1.807) is 0 Å². The monoisotopic (exact) mass is 315 g/mol. The minimum atomic E-state index is 0.675. The average Bonchev–Trinajstić information content (AvgIpc) is 2.49. The number of hydrogen-bond donors (Lipinski definition) is 0. The second-order valence-corrected chi connectivity index (χ2v) is 7.06. The van der Waals surface area contributed by atoms with Crippen molar-refractivity contribution in [2.75, 3.05) is 52.7 Å². The zero-order valence-electron chi connectivity index (χ0n) is 15.2. The lowest BCUT2D eigenvalue weighted by molar-refractivity contribution is -0.000888. The van der Waals surface area contributed by atoms with E-state index in [4.69, 9.17) is 14.2 Å². The van der Waals surface area contributed by atoms with E-state index >= 15 is 0 Å². The molecule has 1 fully saturated rings. The lowest BCUT2D eigenvalue weighted by Crippen LogP contribution is -2.39. The molecule has 0 saturated carbocycles. The molecule has 0 amide bonds. The lowest BCUT2D eigenvalue weighted by atomic mass is 9.97. The van der Waals surface area contributed by atoms with Crippen LogP contribution < -0.4 is 0 Å². The molecule has 1 saturated heterocycles. The maximum absolute atomic E-state index is 5.74. The van der Waals surface area contributed by atoms with Gasteiger partial charge in [0.25, 0.3) is 0 Å². The summed E-state index contributed by atoms with van der Waals surface area (Å²) in [7, 11) is 0. The smallest absolute Gasteiger partial charge is 0.0701 e. The SMILES string of the molecule is CC(C)CCOCCOCCOCC1CCN(C(C)C)CC1. The van der Waals surface area contributed by atoms with Gasteiger partial charge in [-0.05, 0) is 58.0 Å². The molecule has 4 heteroatoms. The van der Waals surface area contributed by atoms with Crippen LogP contribution in [0.2, 0.25) is 0 Å². The summed E-state index contributed by atoms with van der Waals surface area (Å²) in [5, 5.41) is 0. The standard InChI is InChI=1S/C18H37NO3/c1-16(2)7-10-20-11-12-21-13-14-22-15-18-5-8-19(9-6-18)17(3)4/h16-18H,5-15H2,1-4H3. The number of likely N-dealkylation sites (tertiary alicyclic amines) is 1. The van der Waals surface area contributed by atoms with Crippen molar-refractivity contribution in [1.29, 1.82) is 0 Å². The van der Waals surface area contributed by atoms with Crippen LogP contribution in [0.25, 0.3) is 0 Å². The fraction of sp³-hybridized carbons (Fsp3) is 1.00. The summed E-state index contributed by atoms with van der Waals surface area (Å²) in [5.74, 6) is 1.44. The van der Waals surface area contributed by atoms with Crippen LogP contribution in [0.5, 0.6) is 0 Å². The first-order chi connectivity index (χ1) is 10.6. The maximum atomic E-state index is 5.74. The van der Waals surface area contributed by atoms with Crippen molar-refractivity contribution >= 4 is 0 Å². The Morgan fingerprint density at radius 3 is 1.91 bits per heavy atom. The first-order valence-corrected chi connectivity index (χ1v) is 9.07. The Kier molecular flexibility index (Phi) is 11.1. The van der Waals surface area contributed by atoms with Crippen LogP contribution >= 0.6 is 0 Å². The van der Waals surface area contributed by atoms with Crippen molar-refractivity contribution in [1.82, 2.24) is 4.90 Å². The van der Waals surface area contributed by atoms with Crippen molar-refractivity contribution in [3.05, 3.63) is 0 Å². The summed E-state index contributed by atoms with van der Waals surface area (Å²) in [6, 6.07) is 0.679. The van der Waals surface area contributed by atoms with Crippen molar-refractivity contribution < 1.29 is 14.2 Å². The second kappa shape index (κ2) is 12.3. The molecule has 0 aromatic heterocycles. The van der Waals surface area contributed by atoms with E-state index < -0.39 is 0 Å². The van der Waals surface area contributed by atoms with Crippen LogP contribution in [0.1, 0.15) is 47.0 Å². The van der Waals surface area contributed by atoms with Gasteiger partial charge in [-0.15, -0.1) is 0 Å². The van der Waals surface area contributed by atoms with Gasteiger partial charge in [0.15, 0.2) is 0 Å². The highest BCUT2D eigenvalue weighted by molar-refractivity contribution is 4.74. The summed E-state index contributed by atoms with van der Waals surface area (Å²) in [6.45, 7) is 15.9. The fourth-order valence-corrected chi connectivity index (χ4v) is 2.64. The van der Waals surface area contributed by atoms with Gasteiger partial charge >= 0.3 is 0 Å². The Bertz CT molecular complexity index is 251. The molecule has 0 unspecified atom stereocenters. The molecule has 0 aromatic carbocycles. The molecule has 1 heterocycles. The topological polar surface area (TPSA) is 30.9 Å². The van der Waals surface area contributed by atoms with E-state index in [2.05, 4.69) is 32.6 Å². The molecule has 0 atom stereocenters. The third-order valence-corrected chi connectivity index (χ3v) is 4.32. The molecule has 0 aromatic rings. The Morgan fingerprint density at radius 2 is 1.36 bits per heavy atom. The third kappa shape index (κ3) is 9.78. The summed E-state index contributed by atoms with van der Waals surface area (Å²) in [4.78, 5) is 2.55. The number of ether oxygens (including phenoxy) is 3. The van der Waals surface area contributed by atoms with Crippen LogP contribution in [-0.2, 0) is 14.2 Å². The maximum Gasteiger partial charge on any atom is 0.0701 e. The van der Waals surface area contributed by atoms with Crippen LogP contribution in [0.3, 0.4) is 0 Å². The van der Waals surface area contributed by atoms with Crippen molar-refractivity contribution in [2.24, 2.45) is 11.8 Å². The van der Waals surface area contributed by atoms with Crippen LogP contribution in [0.4, 0.5) is 0 Å². The molecule has 1 rings (SSSR count). The van der Waals surface area contributed by atoms with Crippen molar-refractivity contribution in [2.45, 2.75) is 53.0 Å². The largest absolute Gasteiger partial charge is 0.379 e. The molecule has 0 aliphatic carbocycles. The summed E-state index contributed by atoms with van der Waals surface area (Å²) in [5.41, 5.74) is 0. The molecule has 4 nitrogen and oxygen atoms in total. The molecule has 0 spiro atoms. The van der Waals surface area contributed by atoms with Crippen LogP contribution in [0.15, 0.2) is 0 Å². The fourth-order valence-electron chi connectivity index (χ4n) is 2.64. The molecule has 1 aliphatic heterocycles. The van der Waals surface area contributed by atoms with E-state index in [0.29, 0.717) is 38.4 Å². The molecular weight excluding hydrogens is 278 g/mol. The Balaban J connectivity index is 1.82. The summed E-state index contributed by atoms with van der Waals surface area (Å²) < 4.78 is 16.8. The van der Waals surface area contributed by atoms with E-state index in [-0.39, 0.29) is 0 Å². The van der Waals surface area contributed by atoms with Gasteiger partial charge in [-0.1, -0.05) is 13.8 Å². The number of rotatable bonds is 12. The molecule has 0 radical (unpaired) electrons. The Morgan fingerprint density at radius 1 is 0.818 bits per heavy atom. The molecule has 1 aliphatic rings. The highest BCUT2D eigenvalue weighted by Gasteiger charge is 2.20. The predicted molar refractivity (Wildman–Crippen MR) is 91.3 cm³/mol. The van der Waals surface area contributed by atoms with Gasteiger partial charge < -0.3 is 19.1 Å². The van der Waals surface area contributed by atoms with Gasteiger partial charge in [-0.3, -0.25) is 0 Å². The molecule has 132 valence electrons. The van der Waals surface area contributed by atoms with Crippen molar-refractivity contribution in [3.63, 3.8) is 0 Å². The first-order valence-electron chi connectivity index (χ1n) is 9.07. The third-order valence-electron chi connectivity index (χ3n) is 4.32. The van der Waals surface area contributed by atoms with E-state index in [9.17, 15) is 0 Å². The van der Waals surface area contributed by atoms with Crippen LogP contribution in [0, 0.1) is 11.8 Å². The number of piperidine rings is 1. The highest BCUT2D eigenvalue weighted by Crippen LogP contribution is 2.18. The van der Waals surface area contributed by atoms with E-state index in [1.165, 1.54) is 25.9 Å². The highest BCUT2D eigenvalue weighted by atomic mass is 16.5. The van der Waals surface area contributed by atoms with E-state index in [1.807, 2.05) is 0 Å². The first kappa shape index (κ1) is 19.9. The second-order valence-electron chi connectivity index (χ2n) is 7.06. The molecular formula is C18H37NO3. The van der Waals surface area contributed by atoms with Gasteiger partial charge in [0.05, 0.1) is 26.4 Å². The Labute approximate surface area is 137 Å². The van der Waals surface area contributed by atoms with Gasteiger partial charge in [0.2, 0.25) is 0 Å². The predicted octanol–water partition coefficient (Wildman–Crippen LogP) is 3.20. The van der Waals surface area contributed by atoms with Gasteiger partial charge in [0.1, 0.15) is 0 Å². The summed E-state index contributed by atoms with van der Waals surface area (Å²) in [6.07, 6.45) is 3.66. The minimum Gasteiger partial charge on any atom is -0.379 e. The lowest BCUT2D eigenvalue weighted by Gasteiger charge is -2.34. The molecule has 0 N–H and O–H groups in total. The normalized spacial score (nSPS) is 17.7. The quantitative estimate of drug-likeness (QED) is 0.518. The Hall–Kier alpha value is -0.160. The van der Waals surface area contributed by atoms with Gasteiger partial charge in [-0.25, -0.2) is 0 Å². The zero-order valence-corrected chi connectivity index (χ0v) is 15.2. The minimum absolute atomic E-state index is 0.675. The number of nitrogens with zero attached hydrogens (tertiary/aromatic N) is 1. The molecule has 0 bridgehead atoms. The van der Waals surface area contributed by atoms with Gasteiger partial charge in [0, 0.05) is 19.3 Å². The molecule has 22 heavy (non-hydrogen) atoms. The number of hydrogen-bond acceptors (Lipinski definition) is 4. The zero-order chi connectivity index (χ0) is 16.2. The summed E-state index contributed by atoms with van der Waals surface area (Å²) >= 11 is 0. The van der Waals surface area contributed by atoms with Gasteiger partial charge in [-0.2, -0.15) is 0 Å². The average molecular weight is 315 g/mol. The van der Waals surface area contributed by atoms with Crippen molar-refractivity contribution in [3.8, 4) is 0 Å². The van der Waals surface area contributed by atoms with E-state index in [0.717, 1.165) is 25.6 Å².